The highest BCUT2D eigenvalue weighted by Crippen LogP contribution is 2.17. The molecule has 0 fully saturated rings. The number of hydrogen-bond acceptors (Lipinski definition) is 5. The SMILES string of the molecule is CCN(CC)S(=O)(=O)c1ccc(C(=O)OCC(=O)Nc2ccc(C)c(C)c2)cc1. The van der Waals surface area contributed by atoms with Crippen molar-refractivity contribution in [1.29, 1.82) is 0 Å². The number of nitrogens with zero attached hydrogens (tertiary/aromatic N) is 1. The molecule has 1 amide bonds. The van der Waals surface area contributed by atoms with E-state index in [2.05, 4.69) is 5.32 Å². The number of rotatable bonds is 8. The van der Waals surface area contributed by atoms with Gasteiger partial charge in [0.05, 0.1) is 10.5 Å². The zero-order valence-corrected chi connectivity index (χ0v) is 17.9. The van der Waals surface area contributed by atoms with Crippen LogP contribution in [0.5, 0.6) is 0 Å². The van der Waals surface area contributed by atoms with Crippen molar-refractivity contribution in [2.45, 2.75) is 32.6 Å². The van der Waals surface area contributed by atoms with Crippen LogP contribution in [0.1, 0.15) is 35.3 Å². The molecule has 0 unspecified atom stereocenters. The molecule has 0 aromatic heterocycles. The second kappa shape index (κ2) is 9.67. The lowest BCUT2D eigenvalue weighted by Gasteiger charge is -2.18. The average Bonchev–Trinajstić information content (AvgIpc) is 2.70. The number of anilines is 1. The zero-order chi connectivity index (χ0) is 21.6. The quantitative estimate of drug-likeness (QED) is 0.665. The van der Waals surface area contributed by atoms with Crippen molar-refractivity contribution in [2.75, 3.05) is 25.0 Å². The number of ether oxygens (including phenoxy) is 1. The molecule has 0 bridgehead atoms. The van der Waals surface area contributed by atoms with Gasteiger partial charge >= 0.3 is 5.97 Å². The van der Waals surface area contributed by atoms with Gasteiger partial charge in [-0.2, -0.15) is 4.31 Å². The van der Waals surface area contributed by atoms with Gasteiger partial charge in [0.25, 0.3) is 5.91 Å². The summed E-state index contributed by atoms with van der Waals surface area (Å²) in [6.45, 7) is 7.71. The first-order valence-corrected chi connectivity index (χ1v) is 10.8. The Balaban J connectivity index is 1.97. The molecule has 8 heteroatoms. The number of benzene rings is 2. The van der Waals surface area contributed by atoms with Crippen LogP contribution < -0.4 is 5.32 Å². The Morgan fingerprint density at radius 1 is 0.966 bits per heavy atom. The summed E-state index contributed by atoms with van der Waals surface area (Å²) in [6, 6.07) is 11.0. The van der Waals surface area contributed by atoms with E-state index in [1.807, 2.05) is 26.0 Å². The van der Waals surface area contributed by atoms with Gasteiger partial charge in [0.2, 0.25) is 10.0 Å². The van der Waals surface area contributed by atoms with Crippen molar-refractivity contribution in [3.63, 3.8) is 0 Å². The first-order valence-electron chi connectivity index (χ1n) is 9.33. The summed E-state index contributed by atoms with van der Waals surface area (Å²) in [5, 5.41) is 2.67. The predicted molar refractivity (Wildman–Crippen MR) is 111 cm³/mol. The summed E-state index contributed by atoms with van der Waals surface area (Å²) >= 11 is 0. The minimum Gasteiger partial charge on any atom is -0.452 e. The lowest BCUT2D eigenvalue weighted by atomic mass is 10.1. The number of esters is 1. The maximum atomic E-state index is 12.5. The molecule has 156 valence electrons. The van der Waals surface area contributed by atoms with Crippen LogP contribution in [0.25, 0.3) is 0 Å². The zero-order valence-electron chi connectivity index (χ0n) is 17.1. The summed E-state index contributed by atoms with van der Waals surface area (Å²) in [5.74, 6) is -1.16. The monoisotopic (exact) mass is 418 g/mol. The minimum absolute atomic E-state index is 0.102. The molecule has 0 heterocycles. The molecule has 0 radical (unpaired) electrons. The van der Waals surface area contributed by atoms with Crippen LogP contribution in [-0.4, -0.2) is 44.3 Å². The van der Waals surface area contributed by atoms with Crippen molar-refractivity contribution >= 4 is 27.6 Å². The van der Waals surface area contributed by atoms with Crippen molar-refractivity contribution in [3.8, 4) is 0 Å². The lowest BCUT2D eigenvalue weighted by molar-refractivity contribution is -0.119. The minimum atomic E-state index is -3.59. The van der Waals surface area contributed by atoms with Crippen molar-refractivity contribution in [2.24, 2.45) is 0 Å². The van der Waals surface area contributed by atoms with E-state index < -0.39 is 28.5 Å². The van der Waals surface area contributed by atoms with Gasteiger partial charge in [-0.15, -0.1) is 0 Å². The molecule has 2 aromatic rings. The molecular weight excluding hydrogens is 392 g/mol. The number of nitrogens with one attached hydrogen (secondary N) is 1. The molecule has 0 saturated carbocycles. The Labute approximate surface area is 171 Å². The van der Waals surface area contributed by atoms with Crippen LogP contribution in [0, 0.1) is 13.8 Å². The fourth-order valence-electron chi connectivity index (χ4n) is 2.71. The molecule has 0 atom stereocenters. The summed E-state index contributed by atoms with van der Waals surface area (Å²) in [5.41, 5.74) is 2.95. The molecule has 7 nitrogen and oxygen atoms in total. The van der Waals surface area contributed by atoms with Gasteiger partial charge in [0, 0.05) is 18.8 Å². The van der Waals surface area contributed by atoms with E-state index in [0.29, 0.717) is 18.8 Å². The highest BCUT2D eigenvalue weighted by atomic mass is 32.2. The third kappa shape index (κ3) is 5.65. The molecule has 0 aliphatic rings. The van der Waals surface area contributed by atoms with E-state index in [4.69, 9.17) is 4.74 Å². The molecule has 0 saturated heterocycles. The maximum absolute atomic E-state index is 12.5. The third-order valence-corrected chi connectivity index (χ3v) is 6.62. The number of hydrogen-bond donors (Lipinski definition) is 1. The second-order valence-electron chi connectivity index (χ2n) is 6.54. The van der Waals surface area contributed by atoms with Gasteiger partial charge in [-0.3, -0.25) is 4.79 Å². The Morgan fingerprint density at radius 2 is 1.59 bits per heavy atom. The van der Waals surface area contributed by atoms with Gasteiger partial charge < -0.3 is 10.1 Å². The van der Waals surface area contributed by atoms with Crippen LogP contribution in [0.3, 0.4) is 0 Å². The Morgan fingerprint density at radius 3 is 2.14 bits per heavy atom. The molecule has 29 heavy (non-hydrogen) atoms. The van der Waals surface area contributed by atoms with Crippen LogP contribution in [-0.2, 0) is 19.6 Å². The Kier molecular flexibility index (Phi) is 7.53. The fraction of sp³-hybridized carbons (Fsp3) is 0.333. The van der Waals surface area contributed by atoms with Crippen molar-refractivity contribution < 1.29 is 22.7 Å². The van der Waals surface area contributed by atoms with E-state index in [0.717, 1.165) is 11.1 Å². The number of aryl methyl sites for hydroxylation is 2. The van der Waals surface area contributed by atoms with Gasteiger partial charge in [0.1, 0.15) is 0 Å². The van der Waals surface area contributed by atoms with Gasteiger partial charge in [-0.1, -0.05) is 19.9 Å². The first-order chi connectivity index (χ1) is 13.7. The standard InChI is InChI=1S/C21H26N2O5S/c1-5-23(6-2)29(26,27)19-11-8-17(9-12-19)21(25)28-14-20(24)22-18-10-7-15(3)16(4)13-18/h7-13H,5-6,14H2,1-4H3,(H,22,24). The molecule has 0 aliphatic carbocycles. The van der Waals surface area contributed by atoms with Gasteiger partial charge in [-0.05, 0) is 61.4 Å². The number of carbonyl (C=O) groups excluding carboxylic acids is 2. The number of amides is 1. The second-order valence-corrected chi connectivity index (χ2v) is 8.47. The maximum Gasteiger partial charge on any atom is 0.338 e. The topological polar surface area (TPSA) is 92.8 Å². The summed E-state index contributed by atoms with van der Waals surface area (Å²) in [6.07, 6.45) is 0. The third-order valence-electron chi connectivity index (χ3n) is 4.56. The van der Waals surface area contributed by atoms with Gasteiger partial charge in [-0.25, -0.2) is 13.2 Å². The summed E-state index contributed by atoms with van der Waals surface area (Å²) in [4.78, 5) is 24.2. The fourth-order valence-corrected chi connectivity index (χ4v) is 4.16. The Hall–Kier alpha value is -2.71. The smallest absolute Gasteiger partial charge is 0.338 e. The lowest BCUT2D eigenvalue weighted by Crippen LogP contribution is -2.30. The normalized spacial score (nSPS) is 11.3. The van der Waals surface area contributed by atoms with Crippen LogP contribution in [0.2, 0.25) is 0 Å². The largest absolute Gasteiger partial charge is 0.452 e. The van der Waals surface area contributed by atoms with Gasteiger partial charge in [0.15, 0.2) is 6.61 Å². The summed E-state index contributed by atoms with van der Waals surface area (Å²) in [7, 11) is -3.59. The molecule has 0 aliphatic heterocycles. The number of carbonyl (C=O) groups is 2. The van der Waals surface area contributed by atoms with Crippen LogP contribution >= 0.6 is 0 Å². The molecule has 2 aromatic carbocycles. The average molecular weight is 419 g/mol. The molecule has 2 rings (SSSR count). The highest BCUT2D eigenvalue weighted by molar-refractivity contribution is 7.89. The van der Waals surface area contributed by atoms with E-state index in [-0.39, 0.29) is 10.5 Å². The van der Waals surface area contributed by atoms with Crippen molar-refractivity contribution in [3.05, 3.63) is 59.2 Å². The first kappa shape index (κ1) is 22.6. The molecular formula is C21H26N2O5S. The Bertz CT molecular complexity index is 981. The molecule has 1 N–H and O–H groups in total. The van der Waals surface area contributed by atoms with Crippen molar-refractivity contribution in [1.82, 2.24) is 4.31 Å². The van der Waals surface area contributed by atoms with E-state index in [9.17, 15) is 18.0 Å². The highest BCUT2D eigenvalue weighted by Gasteiger charge is 2.22. The predicted octanol–water partition coefficient (Wildman–Crippen LogP) is 3.13. The van der Waals surface area contributed by atoms with E-state index >= 15 is 0 Å². The van der Waals surface area contributed by atoms with E-state index in [1.165, 1.54) is 28.6 Å². The summed E-state index contributed by atoms with van der Waals surface area (Å²) < 4.78 is 31.3. The molecule has 0 spiro atoms. The van der Waals surface area contributed by atoms with Crippen LogP contribution in [0.15, 0.2) is 47.4 Å². The number of sulfonamides is 1. The van der Waals surface area contributed by atoms with E-state index in [1.54, 1.807) is 19.9 Å². The van der Waals surface area contributed by atoms with Crippen LogP contribution in [0.4, 0.5) is 5.69 Å².